The summed E-state index contributed by atoms with van der Waals surface area (Å²) in [7, 11) is 0. The summed E-state index contributed by atoms with van der Waals surface area (Å²) in [6.45, 7) is 5.82. The molecular formula is C19H19ClN4OS. The Hall–Kier alpha value is -2.31. The molecule has 1 atom stereocenters. The molecule has 1 heterocycles. The van der Waals surface area contributed by atoms with Gasteiger partial charge in [-0.05, 0) is 50.1 Å². The fourth-order valence-corrected chi connectivity index (χ4v) is 3.56. The van der Waals surface area contributed by atoms with Crippen molar-refractivity contribution in [3.63, 3.8) is 0 Å². The summed E-state index contributed by atoms with van der Waals surface area (Å²) in [4.78, 5) is 11.5. The van der Waals surface area contributed by atoms with E-state index in [2.05, 4.69) is 28.4 Å². The molecule has 26 heavy (non-hydrogen) atoms. The zero-order valence-corrected chi connectivity index (χ0v) is 16.3. The van der Waals surface area contributed by atoms with Crippen LogP contribution in [0.1, 0.15) is 18.1 Å². The molecule has 0 spiro atoms. The molecule has 1 aromatic heterocycles. The van der Waals surface area contributed by atoms with Gasteiger partial charge in [-0.3, -0.25) is 9.36 Å². The Kier molecular flexibility index (Phi) is 5.34. The summed E-state index contributed by atoms with van der Waals surface area (Å²) < 4.78 is 1.96. The number of rotatable bonds is 5. The number of amides is 1. The molecule has 3 rings (SSSR count). The lowest BCUT2D eigenvalue weighted by Crippen LogP contribution is -2.23. The number of hydrogen-bond acceptors (Lipinski definition) is 4. The van der Waals surface area contributed by atoms with Crippen LogP contribution in [0.25, 0.3) is 17.1 Å². The van der Waals surface area contributed by atoms with Crippen LogP contribution < -0.4 is 5.73 Å². The lowest BCUT2D eigenvalue weighted by atomic mass is 10.1. The third kappa shape index (κ3) is 3.76. The summed E-state index contributed by atoms with van der Waals surface area (Å²) in [5.41, 5.74) is 9.44. The van der Waals surface area contributed by atoms with Gasteiger partial charge in [-0.1, -0.05) is 47.6 Å². The summed E-state index contributed by atoms with van der Waals surface area (Å²) >= 11 is 7.45. The molecule has 3 aromatic rings. The molecule has 7 heteroatoms. The van der Waals surface area contributed by atoms with E-state index < -0.39 is 11.2 Å². The van der Waals surface area contributed by atoms with Crippen LogP contribution in [0.3, 0.4) is 0 Å². The second-order valence-electron chi connectivity index (χ2n) is 6.10. The zero-order chi connectivity index (χ0) is 18.8. The second-order valence-corrected chi connectivity index (χ2v) is 7.85. The molecule has 0 bridgehead atoms. The predicted octanol–water partition coefficient (Wildman–Crippen LogP) is 4.17. The smallest absolute Gasteiger partial charge is 0.230 e. The molecule has 0 saturated heterocycles. The van der Waals surface area contributed by atoms with E-state index in [9.17, 15) is 4.79 Å². The van der Waals surface area contributed by atoms with E-state index in [0.717, 1.165) is 22.4 Å². The van der Waals surface area contributed by atoms with Gasteiger partial charge in [0.15, 0.2) is 11.0 Å². The molecule has 1 amide bonds. The number of nitrogens with zero attached hydrogens (tertiary/aromatic N) is 3. The highest BCUT2D eigenvalue weighted by atomic mass is 35.5. The van der Waals surface area contributed by atoms with Gasteiger partial charge in [0.25, 0.3) is 0 Å². The first kappa shape index (κ1) is 18.5. The average molecular weight is 387 g/mol. The molecule has 0 radical (unpaired) electrons. The van der Waals surface area contributed by atoms with Gasteiger partial charge >= 0.3 is 0 Å². The first-order valence-corrected chi connectivity index (χ1v) is 9.37. The largest absolute Gasteiger partial charge is 0.369 e. The van der Waals surface area contributed by atoms with Crippen LogP contribution in [-0.2, 0) is 4.79 Å². The van der Waals surface area contributed by atoms with Crippen molar-refractivity contribution >= 4 is 29.3 Å². The summed E-state index contributed by atoms with van der Waals surface area (Å²) in [5.74, 6) is 0.273. The maximum absolute atomic E-state index is 11.5. The Bertz CT molecular complexity index is 970. The zero-order valence-electron chi connectivity index (χ0n) is 14.7. The van der Waals surface area contributed by atoms with Gasteiger partial charge in [0.1, 0.15) is 0 Å². The van der Waals surface area contributed by atoms with Crippen molar-refractivity contribution < 1.29 is 4.79 Å². The molecule has 0 fully saturated rings. The van der Waals surface area contributed by atoms with Crippen LogP contribution in [0.4, 0.5) is 0 Å². The second kappa shape index (κ2) is 7.51. The molecule has 0 saturated carbocycles. The standard InChI is InChI=1S/C19H19ClN4OS/c1-11-7-8-12(2)16(9-11)24-18(14-5-4-6-15(20)10-14)22-23-19(24)26-13(3)17(21)25/h4-10,13H,1-3H3,(H2,21,25)/t13-/m1/s1. The first-order valence-electron chi connectivity index (χ1n) is 8.12. The molecule has 5 nitrogen and oxygen atoms in total. The quantitative estimate of drug-likeness (QED) is 0.668. The van der Waals surface area contributed by atoms with Gasteiger partial charge in [0.05, 0.1) is 10.9 Å². The Labute approximate surface area is 161 Å². The van der Waals surface area contributed by atoms with Crippen molar-refractivity contribution in [2.45, 2.75) is 31.2 Å². The number of hydrogen-bond donors (Lipinski definition) is 1. The predicted molar refractivity (Wildman–Crippen MR) is 106 cm³/mol. The number of aromatic nitrogens is 3. The van der Waals surface area contributed by atoms with Crippen LogP contribution in [0, 0.1) is 13.8 Å². The third-order valence-corrected chi connectivity index (χ3v) is 5.30. The van der Waals surface area contributed by atoms with E-state index in [-0.39, 0.29) is 0 Å². The fourth-order valence-electron chi connectivity index (χ4n) is 2.55. The van der Waals surface area contributed by atoms with E-state index in [4.69, 9.17) is 17.3 Å². The maximum atomic E-state index is 11.5. The molecule has 0 unspecified atom stereocenters. The number of primary amides is 1. The summed E-state index contributed by atoms with van der Waals surface area (Å²) in [6, 6.07) is 13.7. The van der Waals surface area contributed by atoms with Crippen LogP contribution in [-0.4, -0.2) is 25.9 Å². The van der Waals surface area contributed by atoms with Gasteiger partial charge in [-0.2, -0.15) is 0 Å². The normalized spacial score (nSPS) is 12.2. The van der Waals surface area contributed by atoms with Crippen molar-refractivity contribution in [1.29, 1.82) is 0 Å². The van der Waals surface area contributed by atoms with Gasteiger partial charge < -0.3 is 5.73 Å². The molecular weight excluding hydrogens is 368 g/mol. The van der Waals surface area contributed by atoms with Crippen molar-refractivity contribution in [2.75, 3.05) is 0 Å². The number of nitrogens with two attached hydrogens (primary N) is 1. The first-order chi connectivity index (χ1) is 12.4. The van der Waals surface area contributed by atoms with Gasteiger partial charge in [-0.25, -0.2) is 0 Å². The number of carbonyl (C=O) groups excluding carboxylic acids is 1. The number of carbonyl (C=O) groups is 1. The van der Waals surface area contributed by atoms with E-state index in [1.54, 1.807) is 6.92 Å². The van der Waals surface area contributed by atoms with Gasteiger partial charge in [0.2, 0.25) is 5.91 Å². The monoisotopic (exact) mass is 386 g/mol. The van der Waals surface area contributed by atoms with Crippen LogP contribution in [0.5, 0.6) is 0 Å². The lowest BCUT2D eigenvalue weighted by Gasteiger charge is -2.15. The summed E-state index contributed by atoms with van der Waals surface area (Å²) in [5, 5.41) is 9.50. The van der Waals surface area contributed by atoms with E-state index in [0.29, 0.717) is 16.0 Å². The van der Waals surface area contributed by atoms with Crippen LogP contribution in [0.2, 0.25) is 5.02 Å². The Morgan fingerprint density at radius 1 is 1.19 bits per heavy atom. The molecule has 0 aliphatic carbocycles. The molecule has 2 N–H and O–H groups in total. The van der Waals surface area contributed by atoms with Crippen molar-refractivity contribution in [3.05, 3.63) is 58.6 Å². The number of aryl methyl sites for hydroxylation is 2. The van der Waals surface area contributed by atoms with E-state index in [1.165, 1.54) is 11.8 Å². The number of benzene rings is 2. The highest BCUT2D eigenvalue weighted by Gasteiger charge is 2.21. The molecule has 2 aromatic carbocycles. The Balaban J connectivity index is 2.21. The van der Waals surface area contributed by atoms with Gasteiger partial charge in [0, 0.05) is 10.6 Å². The van der Waals surface area contributed by atoms with Crippen molar-refractivity contribution in [1.82, 2.24) is 14.8 Å². The van der Waals surface area contributed by atoms with Crippen molar-refractivity contribution in [3.8, 4) is 17.1 Å². The minimum atomic E-state index is -0.421. The van der Waals surface area contributed by atoms with Crippen LogP contribution >= 0.6 is 23.4 Å². The summed E-state index contributed by atoms with van der Waals surface area (Å²) in [6.07, 6.45) is 0. The minimum Gasteiger partial charge on any atom is -0.369 e. The maximum Gasteiger partial charge on any atom is 0.230 e. The molecule has 0 aliphatic heterocycles. The number of thioether (sulfide) groups is 1. The molecule has 134 valence electrons. The fraction of sp³-hybridized carbons (Fsp3) is 0.211. The van der Waals surface area contributed by atoms with Crippen molar-refractivity contribution in [2.24, 2.45) is 5.73 Å². The van der Waals surface area contributed by atoms with E-state index >= 15 is 0 Å². The number of halogens is 1. The highest BCUT2D eigenvalue weighted by molar-refractivity contribution is 8.00. The molecule has 0 aliphatic rings. The lowest BCUT2D eigenvalue weighted by molar-refractivity contribution is -0.117. The topological polar surface area (TPSA) is 73.8 Å². The van der Waals surface area contributed by atoms with Gasteiger partial charge in [-0.15, -0.1) is 10.2 Å². The third-order valence-electron chi connectivity index (χ3n) is 4.00. The minimum absolute atomic E-state index is 0.394. The Morgan fingerprint density at radius 2 is 1.96 bits per heavy atom. The highest BCUT2D eigenvalue weighted by Crippen LogP contribution is 2.32. The average Bonchev–Trinajstić information content (AvgIpc) is 3.00. The SMILES string of the molecule is Cc1ccc(C)c(-n2c(S[C@H](C)C(N)=O)nnc2-c2cccc(Cl)c2)c1. The van der Waals surface area contributed by atoms with Crippen LogP contribution in [0.15, 0.2) is 47.6 Å². The Morgan fingerprint density at radius 3 is 2.65 bits per heavy atom. The van der Waals surface area contributed by atoms with E-state index in [1.807, 2.05) is 42.7 Å².